The van der Waals surface area contributed by atoms with Crippen molar-refractivity contribution in [2.75, 3.05) is 18.1 Å². The molecule has 0 spiro atoms. The largest absolute Gasteiger partial charge is 0.333 e. The first-order valence-electron chi connectivity index (χ1n) is 4.56. The highest BCUT2D eigenvalue weighted by Gasteiger charge is 2.25. The van der Waals surface area contributed by atoms with Gasteiger partial charge in [-0.2, -0.15) is 11.8 Å². The van der Waals surface area contributed by atoms with E-state index in [0.29, 0.717) is 11.7 Å². The summed E-state index contributed by atoms with van der Waals surface area (Å²) in [6, 6.07) is 0.336. The molecule has 1 fully saturated rings. The fourth-order valence-electron chi connectivity index (χ4n) is 1.49. The number of thioether (sulfide) groups is 1. The highest BCUT2D eigenvalue weighted by Crippen LogP contribution is 2.18. The van der Waals surface area contributed by atoms with Crippen LogP contribution in [-0.4, -0.2) is 39.9 Å². The monoisotopic (exact) mass is 228 g/mol. The van der Waals surface area contributed by atoms with E-state index in [-0.39, 0.29) is 5.91 Å². The first-order chi connectivity index (χ1) is 6.79. The maximum Gasteiger partial charge on any atom is 0.273 e. The van der Waals surface area contributed by atoms with Crippen molar-refractivity contribution in [2.45, 2.75) is 13.0 Å². The second kappa shape index (κ2) is 4.31. The van der Waals surface area contributed by atoms with Crippen LogP contribution in [-0.2, 0) is 0 Å². The second-order valence-corrected chi connectivity index (χ2v) is 5.16. The van der Waals surface area contributed by atoms with Gasteiger partial charge in [0.05, 0.1) is 5.51 Å². The van der Waals surface area contributed by atoms with E-state index < -0.39 is 0 Å². The molecule has 1 atom stereocenters. The van der Waals surface area contributed by atoms with Crippen molar-refractivity contribution in [3.8, 4) is 0 Å². The smallest absolute Gasteiger partial charge is 0.273 e. The summed E-state index contributed by atoms with van der Waals surface area (Å²) in [5.74, 6) is 2.16. The van der Waals surface area contributed by atoms with Crippen LogP contribution in [0.15, 0.2) is 10.9 Å². The molecule has 0 bridgehead atoms. The zero-order valence-corrected chi connectivity index (χ0v) is 9.61. The molecule has 1 saturated heterocycles. The zero-order valence-electron chi connectivity index (χ0n) is 7.97. The molecule has 1 unspecified atom stereocenters. The van der Waals surface area contributed by atoms with Gasteiger partial charge in [0.2, 0.25) is 0 Å². The van der Waals surface area contributed by atoms with Crippen molar-refractivity contribution >= 4 is 29.0 Å². The summed E-state index contributed by atoms with van der Waals surface area (Å²) in [5.41, 5.74) is 2.30. The molecule has 2 heterocycles. The average molecular weight is 228 g/mol. The summed E-state index contributed by atoms with van der Waals surface area (Å²) in [4.78, 5) is 17.9. The number of amides is 1. The molecule has 14 heavy (non-hydrogen) atoms. The average Bonchev–Trinajstić information content (AvgIpc) is 2.70. The highest BCUT2D eigenvalue weighted by molar-refractivity contribution is 7.99. The number of hydrogen-bond donors (Lipinski definition) is 0. The quantitative estimate of drug-likeness (QED) is 0.734. The number of nitrogens with zero attached hydrogens (tertiary/aromatic N) is 2. The summed E-state index contributed by atoms with van der Waals surface area (Å²) >= 11 is 3.38. The first-order valence-corrected chi connectivity index (χ1v) is 6.65. The van der Waals surface area contributed by atoms with Gasteiger partial charge in [-0.05, 0) is 6.92 Å². The molecular weight excluding hydrogens is 216 g/mol. The lowest BCUT2D eigenvalue weighted by molar-refractivity contribution is 0.0711. The standard InChI is InChI=1S/C9H12N2OS2/c1-7-4-13-3-2-11(7)9(12)8-5-14-6-10-8/h5-7H,2-4H2,1H3. The van der Waals surface area contributed by atoms with Crippen LogP contribution in [0.5, 0.6) is 0 Å². The van der Waals surface area contributed by atoms with Crippen molar-refractivity contribution in [3.63, 3.8) is 0 Å². The highest BCUT2D eigenvalue weighted by atomic mass is 32.2. The summed E-state index contributed by atoms with van der Waals surface area (Å²) in [5, 5.41) is 1.82. The van der Waals surface area contributed by atoms with Crippen LogP contribution >= 0.6 is 23.1 Å². The van der Waals surface area contributed by atoms with Gasteiger partial charge in [0.15, 0.2) is 0 Å². The van der Waals surface area contributed by atoms with E-state index in [9.17, 15) is 4.79 Å². The van der Waals surface area contributed by atoms with Gasteiger partial charge in [-0.25, -0.2) is 4.98 Å². The van der Waals surface area contributed by atoms with Crippen LogP contribution in [0.2, 0.25) is 0 Å². The molecule has 0 aromatic carbocycles. The van der Waals surface area contributed by atoms with E-state index >= 15 is 0 Å². The Morgan fingerprint density at radius 3 is 3.21 bits per heavy atom. The molecule has 0 aliphatic carbocycles. The molecule has 0 N–H and O–H groups in total. The van der Waals surface area contributed by atoms with Gasteiger partial charge in [0, 0.05) is 29.5 Å². The van der Waals surface area contributed by atoms with E-state index in [1.165, 1.54) is 11.3 Å². The number of carbonyl (C=O) groups is 1. The number of thiazole rings is 1. The van der Waals surface area contributed by atoms with Gasteiger partial charge in [-0.3, -0.25) is 4.79 Å². The Balaban J connectivity index is 2.10. The number of hydrogen-bond acceptors (Lipinski definition) is 4. The Labute approximate surface area is 91.5 Å². The Morgan fingerprint density at radius 1 is 1.71 bits per heavy atom. The number of carbonyl (C=O) groups excluding carboxylic acids is 1. The molecule has 1 aliphatic heterocycles. The van der Waals surface area contributed by atoms with E-state index in [2.05, 4.69) is 11.9 Å². The molecule has 76 valence electrons. The fourth-order valence-corrected chi connectivity index (χ4v) is 3.03. The van der Waals surface area contributed by atoms with E-state index in [0.717, 1.165) is 18.1 Å². The van der Waals surface area contributed by atoms with Crippen LogP contribution in [0, 0.1) is 0 Å². The Kier molecular flexibility index (Phi) is 3.08. The summed E-state index contributed by atoms with van der Waals surface area (Å²) in [6.45, 7) is 2.94. The van der Waals surface area contributed by atoms with Crippen LogP contribution in [0.1, 0.15) is 17.4 Å². The van der Waals surface area contributed by atoms with Crippen molar-refractivity contribution in [2.24, 2.45) is 0 Å². The minimum absolute atomic E-state index is 0.0825. The third-order valence-corrected chi connectivity index (χ3v) is 4.06. The van der Waals surface area contributed by atoms with E-state index in [1.54, 1.807) is 5.51 Å². The molecule has 2 rings (SSSR count). The summed E-state index contributed by atoms with van der Waals surface area (Å²) in [7, 11) is 0. The minimum atomic E-state index is 0.0825. The molecule has 3 nitrogen and oxygen atoms in total. The molecule has 1 amide bonds. The first kappa shape index (κ1) is 9.98. The predicted molar refractivity (Wildman–Crippen MR) is 59.9 cm³/mol. The summed E-state index contributed by atoms with van der Waals surface area (Å²) < 4.78 is 0. The van der Waals surface area contributed by atoms with Crippen LogP contribution in [0.25, 0.3) is 0 Å². The Morgan fingerprint density at radius 2 is 2.57 bits per heavy atom. The predicted octanol–water partition coefficient (Wildman–Crippen LogP) is 1.72. The third kappa shape index (κ3) is 1.93. The molecule has 0 saturated carbocycles. The fraction of sp³-hybridized carbons (Fsp3) is 0.556. The minimum Gasteiger partial charge on any atom is -0.333 e. The number of aromatic nitrogens is 1. The maximum atomic E-state index is 11.9. The maximum absolute atomic E-state index is 11.9. The molecule has 0 radical (unpaired) electrons. The molecular formula is C9H12N2OS2. The number of rotatable bonds is 1. The SMILES string of the molecule is CC1CSCCN1C(=O)c1cscn1. The topological polar surface area (TPSA) is 33.2 Å². The van der Waals surface area contributed by atoms with Crippen molar-refractivity contribution in [1.82, 2.24) is 9.88 Å². The zero-order chi connectivity index (χ0) is 9.97. The van der Waals surface area contributed by atoms with E-state index in [4.69, 9.17) is 0 Å². The van der Waals surface area contributed by atoms with Crippen LogP contribution < -0.4 is 0 Å². The van der Waals surface area contributed by atoms with Crippen molar-refractivity contribution in [3.05, 3.63) is 16.6 Å². The van der Waals surface area contributed by atoms with Crippen molar-refractivity contribution < 1.29 is 4.79 Å². The van der Waals surface area contributed by atoms with E-state index in [1.807, 2.05) is 22.0 Å². The van der Waals surface area contributed by atoms with Gasteiger partial charge in [0.1, 0.15) is 5.69 Å². The van der Waals surface area contributed by atoms with Crippen molar-refractivity contribution in [1.29, 1.82) is 0 Å². The lowest BCUT2D eigenvalue weighted by Crippen LogP contribution is -2.44. The molecule has 5 heteroatoms. The van der Waals surface area contributed by atoms with Gasteiger partial charge in [-0.1, -0.05) is 0 Å². The second-order valence-electron chi connectivity index (χ2n) is 3.30. The van der Waals surface area contributed by atoms with Gasteiger partial charge < -0.3 is 4.90 Å². The lowest BCUT2D eigenvalue weighted by Gasteiger charge is -2.32. The third-order valence-electron chi connectivity index (χ3n) is 2.28. The van der Waals surface area contributed by atoms with Crippen LogP contribution in [0.3, 0.4) is 0 Å². The summed E-state index contributed by atoms with van der Waals surface area (Å²) in [6.07, 6.45) is 0. The van der Waals surface area contributed by atoms with Gasteiger partial charge in [0.25, 0.3) is 5.91 Å². The Hall–Kier alpha value is -0.550. The van der Waals surface area contributed by atoms with Crippen LogP contribution in [0.4, 0.5) is 0 Å². The molecule has 1 aromatic heterocycles. The molecule has 1 aromatic rings. The lowest BCUT2D eigenvalue weighted by atomic mass is 10.3. The normalized spacial score (nSPS) is 22.4. The van der Waals surface area contributed by atoms with Gasteiger partial charge >= 0.3 is 0 Å². The van der Waals surface area contributed by atoms with Gasteiger partial charge in [-0.15, -0.1) is 11.3 Å². The molecule has 1 aliphatic rings. The Bertz CT molecular complexity index is 313.